The third-order valence-electron chi connectivity index (χ3n) is 3.73. The van der Waals surface area contributed by atoms with Crippen LogP contribution in [0.4, 0.5) is 5.82 Å². The number of hydrogen-bond donors (Lipinski definition) is 1. The van der Waals surface area contributed by atoms with Gasteiger partial charge in [0, 0.05) is 19.8 Å². The Bertz CT molecular complexity index is 437. The second kappa shape index (κ2) is 8.23. The van der Waals surface area contributed by atoms with Crippen molar-refractivity contribution in [1.82, 2.24) is 10.3 Å². The van der Waals surface area contributed by atoms with Gasteiger partial charge in [0.1, 0.15) is 5.82 Å². The number of nitrogens with one attached hydrogen (secondary N) is 1. The molecule has 0 unspecified atom stereocenters. The third-order valence-corrected chi connectivity index (χ3v) is 3.95. The third kappa shape index (κ3) is 5.92. The Morgan fingerprint density at radius 2 is 1.90 bits per heavy atom. The Morgan fingerprint density at radius 1 is 1.29 bits per heavy atom. The highest BCUT2D eigenvalue weighted by Gasteiger charge is 2.18. The van der Waals surface area contributed by atoms with Crippen molar-refractivity contribution in [3.63, 3.8) is 0 Å². The molecule has 5 heteroatoms. The van der Waals surface area contributed by atoms with Crippen molar-refractivity contribution < 1.29 is 4.79 Å². The van der Waals surface area contributed by atoms with E-state index in [9.17, 15) is 4.79 Å². The Balaban J connectivity index is 2.48. The van der Waals surface area contributed by atoms with Gasteiger partial charge in [-0.05, 0) is 29.9 Å². The molecule has 1 aromatic heterocycles. The summed E-state index contributed by atoms with van der Waals surface area (Å²) < 4.78 is 0. The smallest absolute Gasteiger partial charge is 0.239 e. The predicted octanol–water partition coefficient (Wildman–Crippen LogP) is 3.22. The molecule has 0 aliphatic rings. The largest absolute Gasteiger partial charge is 0.354 e. The zero-order chi connectivity index (χ0) is 16.0. The second-order valence-electron chi connectivity index (χ2n) is 6.15. The van der Waals surface area contributed by atoms with E-state index in [0.717, 1.165) is 12.4 Å². The van der Waals surface area contributed by atoms with Gasteiger partial charge in [-0.25, -0.2) is 4.98 Å². The lowest BCUT2D eigenvalue weighted by Crippen LogP contribution is -2.39. The molecule has 0 saturated heterocycles. The number of likely N-dealkylation sites (N-methyl/N-ethyl adjacent to an activating group) is 1. The summed E-state index contributed by atoms with van der Waals surface area (Å²) in [5, 5.41) is 3.61. The number of hydrogen-bond acceptors (Lipinski definition) is 3. The van der Waals surface area contributed by atoms with Crippen LogP contribution < -0.4 is 10.2 Å². The lowest BCUT2D eigenvalue weighted by atomic mass is 9.85. The standard InChI is InChI=1S/C16H26ClN3O/c1-11(2)14(12(3)4)9-19-16(21)10-20(5)15-7-6-13(17)8-18-15/h6-8,11-12,14H,9-10H2,1-5H3,(H,19,21). The average Bonchev–Trinajstić information content (AvgIpc) is 2.38. The van der Waals surface area contributed by atoms with Gasteiger partial charge < -0.3 is 10.2 Å². The van der Waals surface area contributed by atoms with E-state index in [0.29, 0.717) is 22.8 Å². The van der Waals surface area contributed by atoms with Crippen molar-refractivity contribution in [1.29, 1.82) is 0 Å². The summed E-state index contributed by atoms with van der Waals surface area (Å²) in [7, 11) is 1.85. The number of carbonyl (C=O) groups is 1. The van der Waals surface area contributed by atoms with E-state index in [1.165, 1.54) is 0 Å². The fourth-order valence-electron chi connectivity index (χ4n) is 2.42. The number of carbonyl (C=O) groups excluding carboxylic acids is 1. The topological polar surface area (TPSA) is 45.2 Å². The van der Waals surface area contributed by atoms with Gasteiger partial charge in [0.05, 0.1) is 11.6 Å². The van der Waals surface area contributed by atoms with Crippen molar-refractivity contribution in [3.05, 3.63) is 23.4 Å². The number of pyridine rings is 1. The van der Waals surface area contributed by atoms with E-state index in [1.807, 2.05) is 11.9 Å². The van der Waals surface area contributed by atoms with E-state index in [2.05, 4.69) is 38.0 Å². The fraction of sp³-hybridized carbons (Fsp3) is 0.625. The van der Waals surface area contributed by atoms with Gasteiger partial charge in [0.2, 0.25) is 5.91 Å². The Hall–Kier alpha value is -1.29. The summed E-state index contributed by atoms with van der Waals surface area (Å²) in [4.78, 5) is 18.0. The molecule has 1 aromatic rings. The molecule has 118 valence electrons. The lowest BCUT2D eigenvalue weighted by molar-refractivity contribution is -0.120. The molecule has 1 rings (SSSR count). The zero-order valence-corrected chi connectivity index (χ0v) is 14.3. The Morgan fingerprint density at radius 3 is 2.38 bits per heavy atom. The molecule has 0 fully saturated rings. The molecular formula is C16H26ClN3O. The molecule has 1 amide bonds. The number of anilines is 1. The minimum absolute atomic E-state index is 0.0144. The summed E-state index contributed by atoms with van der Waals surface area (Å²) in [6, 6.07) is 3.58. The monoisotopic (exact) mass is 311 g/mol. The predicted molar refractivity (Wildman–Crippen MR) is 88.7 cm³/mol. The van der Waals surface area contributed by atoms with Crippen molar-refractivity contribution in [3.8, 4) is 0 Å². The number of amides is 1. The summed E-state index contributed by atoms with van der Waals surface area (Å²) in [5.41, 5.74) is 0. The van der Waals surface area contributed by atoms with E-state index < -0.39 is 0 Å². The fourth-order valence-corrected chi connectivity index (χ4v) is 2.53. The number of halogens is 1. The van der Waals surface area contributed by atoms with Crippen molar-refractivity contribution in [2.45, 2.75) is 27.7 Å². The summed E-state index contributed by atoms with van der Waals surface area (Å²) >= 11 is 5.81. The van der Waals surface area contributed by atoms with Crippen LogP contribution in [-0.4, -0.2) is 31.0 Å². The summed E-state index contributed by atoms with van der Waals surface area (Å²) in [5.74, 6) is 2.36. The normalized spacial score (nSPS) is 11.3. The first-order valence-corrected chi connectivity index (χ1v) is 7.78. The van der Waals surface area contributed by atoms with Crippen LogP contribution in [0.3, 0.4) is 0 Å². The van der Waals surface area contributed by atoms with Crippen molar-refractivity contribution in [2.24, 2.45) is 17.8 Å². The maximum atomic E-state index is 12.0. The highest BCUT2D eigenvalue weighted by Crippen LogP contribution is 2.19. The molecule has 1 N–H and O–H groups in total. The summed E-state index contributed by atoms with van der Waals surface area (Å²) in [6.07, 6.45) is 1.58. The molecule has 4 nitrogen and oxygen atoms in total. The van der Waals surface area contributed by atoms with Gasteiger partial charge in [0.25, 0.3) is 0 Å². The minimum atomic E-state index is 0.0144. The van der Waals surface area contributed by atoms with Gasteiger partial charge in [-0.2, -0.15) is 0 Å². The number of rotatable bonds is 7. The maximum absolute atomic E-state index is 12.0. The molecule has 0 radical (unpaired) electrons. The lowest BCUT2D eigenvalue weighted by Gasteiger charge is -2.25. The molecular weight excluding hydrogens is 286 g/mol. The molecule has 0 bridgehead atoms. The van der Waals surface area contributed by atoms with Crippen LogP contribution in [0.5, 0.6) is 0 Å². The molecule has 21 heavy (non-hydrogen) atoms. The molecule has 0 spiro atoms. The molecule has 1 heterocycles. The average molecular weight is 312 g/mol. The van der Waals surface area contributed by atoms with Crippen molar-refractivity contribution >= 4 is 23.3 Å². The molecule has 0 saturated carbocycles. The van der Waals surface area contributed by atoms with Crippen LogP contribution in [0.2, 0.25) is 5.02 Å². The Labute approximate surface area is 132 Å². The Kier molecular flexibility index (Phi) is 6.96. The highest BCUT2D eigenvalue weighted by atomic mass is 35.5. The van der Waals surface area contributed by atoms with Gasteiger partial charge in [-0.15, -0.1) is 0 Å². The van der Waals surface area contributed by atoms with Crippen LogP contribution in [0.1, 0.15) is 27.7 Å². The van der Waals surface area contributed by atoms with Crippen LogP contribution in [0, 0.1) is 17.8 Å². The van der Waals surface area contributed by atoms with Gasteiger partial charge in [0.15, 0.2) is 0 Å². The van der Waals surface area contributed by atoms with E-state index >= 15 is 0 Å². The number of aromatic nitrogens is 1. The van der Waals surface area contributed by atoms with E-state index in [1.54, 1.807) is 18.3 Å². The first-order valence-electron chi connectivity index (χ1n) is 7.40. The van der Waals surface area contributed by atoms with E-state index in [-0.39, 0.29) is 12.5 Å². The maximum Gasteiger partial charge on any atom is 0.239 e. The summed E-state index contributed by atoms with van der Waals surface area (Å²) in [6.45, 7) is 9.79. The van der Waals surface area contributed by atoms with Gasteiger partial charge in [-0.1, -0.05) is 39.3 Å². The highest BCUT2D eigenvalue weighted by molar-refractivity contribution is 6.30. The van der Waals surface area contributed by atoms with Crippen molar-refractivity contribution in [2.75, 3.05) is 25.0 Å². The minimum Gasteiger partial charge on any atom is -0.354 e. The molecule has 0 aromatic carbocycles. The second-order valence-corrected chi connectivity index (χ2v) is 6.58. The first kappa shape index (κ1) is 17.8. The van der Waals surface area contributed by atoms with Crippen LogP contribution in [-0.2, 0) is 4.79 Å². The van der Waals surface area contributed by atoms with E-state index in [4.69, 9.17) is 11.6 Å². The first-order chi connectivity index (χ1) is 9.81. The molecule has 0 aliphatic carbocycles. The van der Waals surface area contributed by atoms with Crippen LogP contribution in [0.25, 0.3) is 0 Å². The van der Waals surface area contributed by atoms with Crippen LogP contribution in [0.15, 0.2) is 18.3 Å². The van der Waals surface area contributed by atoms with Gasteiger partial charge >= 0.3 is 0 Å². The SMILES string of the molecule is CC(C)C(CNC(=O)CN(C)c1ccc(Cl)cn1)C(C)C. The molecule has 0 aliphatic heterocycles. The van der Waals surface area contributed by atoms with Crippen LogP contribution >= 0.6 is 11.6 Å². The zero-order valence-electron chi connectivity index (χ0n) is 13.6. The number of nitrogens with zero attached hydrogens (tertiary/aromatic N) is 2. The quantitative estimate of drug-likeness (QED) is 0.841. The van der Waals surface area contributed by atoms with Gasteiger partial charge in [-0.3, -0.25) is 4.79 Å². The molecule has 0 atom stereocenters.